The van der Waals surface area contributed by atoms with E-state index in [2.05, 4.69) is 18.9 Å². The molecule has 90 valence electrons. The van der Waals surface area contributed by atoms with Gasteiger partial charge < -0.3 is 5.73 Å². The lowest BCUT2D eigenvalue weighted by molar-refractivity contribution is 0.293. The molecule has 0 aromatic carbocycles. The number of nitrogens with two attached hydrogens (primary N) is 1. The molecule has 1 saturated heterocycles. The van der Waals surface area contributed by atoms with E-state index in [0.29, 0.717) is 22.3 Å². The number of nitrogens with zero attached hydrogens (tertiary/aromatic N) is 2. The van der Waals surface area contributed by atoms with E-state index in [1.165, 1.54) is 5.75 Å². The van der Waals surface area contributed by atoms with E-state index >= 15 is 0 Å². The Kier molecular flexibility index (Phi) is 3.14. The number of thioether (sulfide) groups is 1. The Morgan fingerprint density at radius 3 is 2.75 bits per heavy atom. The minimum atomic E-state index is 0.354. The molecule has 3 nitrogen and oxygen atoms in total. The highest BCUT2D eigenvalue weighted by molar-refractivity contribution is 7.99. The molecule has 1 aliphatic rings. The molecule has 0 aliphatic carbocycles. The molecule has 1 aromatic rings. The van der Waals surface area contributed by atoms with Gasteiger partial charge in [-0.15, -0.1) is 0 Å². The van der Waals surface area contributed by atoms with Crippen molar-refractivity contribution in [3.05, 3.63) is 10.7 Å². The smallest absolute Gasteiger partial charge is 0.141 e. The normalized spacial score (nSPS) is 24.6. The summed E-state index contributed by atoms with van der Waals surface area (Å²) < 4.78 is 1.91. The second kappa shape index (κ2) is 4.15. The van der Waals surface area contributed by atoms with Gasteiger partial charge in [-0.3, -0.25) is 0 Å². The van der Waals surface area contributed by atoms with Crippen LogP contribution in [0, 0.1) is 12.3 Å². The lowest BCUT2D eigenvalue weighted by Crippen LogP contribution is -2.29. The monoisotopic (exact) mass is 259 g/mol. The molecule has 0 saturated carbocycles. The molecule has 5 heteroatoms. The minimum absolute atomic E-state index is 0.354. The van der Waals surface area contributed by atoms with Gasteiger partial charge in [-0.1, -0.05) is 25.4 Å². The van der Waals surface area contributed by atoms with Crippen LogP contribution in [0.5, 0.6) is 0 Å². The second-order valence-electron chi connectivity index (χ2n) is 5.27. The molecular weight excluding hydrogens is 242 g/mol. The van der Waals surface area contributed by atoms with Gasteiger partial charge in [0, 0.05) is 5.75 Å². The molecule has 0 radical (unpaired) electrons. The first kappa shape index (κ1) is 12.1. The SMILES string of the molecule is Cc1nn(C2CSCC(C)(C)C2)c(N)c1Cl. The molecule has 2 rings (SSSR count). The van der Waals surface area contributed by atoms with Crippen LogP contribution in [0.3, 0.4) is 0 Å². The zero-order valence-electron chi connectivity index (χ0n) is 9.96. The molecule has 1 aromatic heterocycles. The molecule has 0 spiro atoms. The van der Waals surface area contributed by atoms with Crippen LogP contribution >= 0.6 is 23.4 Å². The van der Waals surface area contributed by atoms with E-state index in [9.17, 15) is 0 Å². The van der Waals surface area contributed by atoms with Crippen LogP contribution in [0.25, 0.3) is 0 Å². The van der Waals surface area contributed by atoms with Crippen LogP contribution in [-0.4, -0.2) is 21.3 Å². The van der Waals surface area contributed by atoms with E-state index in [-0.39, 0.29) is 0 Å². The van der Waals surface area contributed by atoms with Crippen LogP contribution < -0.4 is 5.73 Å². The van der Waals surface area contributed by atoms with Crippen LogP contribution in [0.2, 0.25) is 5.02 Å². The minimum Gasteiger partial charge on any atom is -0.383 e. The van der Waals surface area contributed by atoms with E-state index in [4.69, 9.17) is 17.3 Å². The zero-order chi connectivity index (χ0) is 11.9. The Bertz CT molecular complexity index is 400. The van der Waals surface area contributed by atoms with E-state index < -0.39 is 0 Å². The predicted molar refractivity (Wildman–Crippen MR) is 71.1 cm³/mol. The highest BCUT2D eigenvalue weighted by Gasteiger charge is 2.31. The molecule has 2 heterocycles. The Morgan fingerprint density at radius 2 is 2.25 bits per heavy atom. The number of halogens is 1. The summed E-state index contributed by atoms with van der Waals surface area (Å²) in [6.45, 7) is 6.48. The number of hydrogen-bond donors (Lipinski definition) is 1. The molecule has 2 N–H and O–H groups in total. The highest BCUT2D eigenvalue weighted by atomic mass is 35.5. The van der Waals surface area contributed by atoms with Crippen molar-refractivity contribution in [2.75, 3.05) is 17.2 Å². The number of nitrogen functional groups attached to an aromatic ring is 1. The van der Waals surface area contributed by atoms with E-state index in [0.717, 1.165) is 17.9 Å². The number of anilines is 1. The summed E-state index contributed by atoms with van der Waals surface area (Å²) in [7, 11) is 0. The van der Waals surface area contributed by atoms with Gasteiger partial charge >= 0.3 is 0 Å². The summed E-state index contributed by atoms with van der Waals surface area (Å²) in [5, 5.41) is 5.05. The first-order valence-corrected chi connectivity index (χ1v) is 7.02. The lowest BCUT2D eigenvalue weighted by atomic mass is 9.88. The van der Waals surface area contributed by atoms with Crippen molar-refractivity contribution in [2.45, 2.75) is 33.2 Å². The van der Waals surface area contributed by atoms with Crippen molar-refractivity contribution in [1.29, 1.82) is 0 Å². The molecule has 0 amide bonds. The van der Waals surface area contributed by atoms with Gasteiger partial charge in [0.2, 0.25) is 0 Å². The standard InChI is InChI=1S/C11H18ClN3S/c1-7-9(12)10(13)15(14-7)8-4-11(2,3)6-16-5-8/h8H,4-6,13H2,1-3H3. The first-order chi connectivity index (χ1) is 7.41. The maximum atomic E-state index is 6.07. The van der Waals surface area contributed by atoms with Gasteiger partial charge in [-0.05, 0) is 24.5 Å². The molecule has 1 aliphatic heterocycles. The fourth-order valence-electron chi connectivity index (χ4n) is 2.21. The number of aryl methyl sites for hydroxylation is 1. The quantitative estimate of drug-likeness (QED) is 0.843. The Labute approximate surface area is 106 Å². The third-order valence-electron chi connectivity index (χ3n) is 2.98. The third kappa shape index (κ3) is 2.18. The van der Waals surface area contributed by atoms with Crippen LogP contribution in [0.4, 0.5) is 5.82 Å². The van der Waals surface area contributed by atoms with E-state index in [1.807, 2.05) is 23.4 Å². The van der Waals surface area contributed by atoms with Crippen molar-refractivity contribution in [3.8, 4) is 0 Å². The lowest BCUT2D eigenvalue weighted by Gasteiger charge is -2.35. The van der Waals surface area contributed by atoms with Crippen molar-refractivity contribution >= 4 is 29.2 Å². The molecule has 16 heavy (non-hydrogen) atoms. The molecular formula is C11H18ClN3S. The molecule has 1 atom stereocenters. The van der Waals surface area contributed by atoms with Gasteiger partial charge in [0.05, 0.1) is 11.7 Å². The summed E-state index contributed by atoms with van der Waals surface area (Å²) in [4.78, 5) is 0. The number of aromatic nitrogens is 2. The van der Waals surface area contributed by atoms with Gasteiger partial charge in [-0.2, -0.15) is 16.9 Å². The third-order valence-corrected chi connectivity index (χ3v) is 5.06. The van der Waals surface area contributed by atoms with Crippen molar-refractivity contribution in [2.24, 2.45) is 5.41 Å². The number of hydrogen-bond acceptors (Lipinski definition) is 3. The van der Waals surface area contributed by atoms with Crippen molar-refractivity contribution in [1.82, 2.24) is 9.78 Å². The Morgan fingerprint density at radius 1 is 1.56 bits per heavy atom. The Balaban J connectivity index is 2.27. The van der Waals surface area contributed by atoms with Gasteiger partial charge in [0.25, 0.3) is 0 Å². The topological polar surface area (TPSA) is 43.8 Å². The van der Waals surface area contributed by atoms with E-state index in [1.54, 1.807) is 0 Å². The van der Waals surface area contributed by atoms with Crippen LogP contribution in [0.15, 0.2) is 0 Å². The fourth-order valence-corrected chi connectivity index (χ4v) is 3.65. The largest absolute Gasteiger partial charge is 0.383 e. The Hall–Kier alpha value is -0.350. The zero-order valence-corrected chi connectivity index (χ0v) is 11.5. The van der Waals surface area contributed by atoms with Gasteiger partial charge in [-0.25, -0.2) is 4.68 Å². The summed E-state index contributed by atoms with van der Waals surface area (Å²) in [5.41, 5.74) is 7.16. The van der Waals surface area contributed by atoms with Crippen molar-refractivity contribution in [3.63, 3.8) is 0 Å². The molecule has 1 fully saturated rings. The van der Waals surface area contributed by atoms with Gasteiger partial charge in [0.15, 0.2) is 0 Å². The summed E-state index contributed by atoms with van der Waals surface area (Å²) in [6.07, 6.45) is 1.11. The van der Waals surface area contributed by atoms with Crippen molar-refractivity contribution < 1.29 is 0 Å². The van der Waals surface area contributed by atoms with Crippen LogP contribution in [0.1, 0.15) is 32.0 Å². The molecule has 0 bridgehead atoms. The van der Waals surface area contributed by atoms with Crippen LogP contribution in [-0.2, 0) is 0 Å². The number of rotatable bonds is 1. The average Bonchev–Trinajstić information content (AvgIpc) is 2.45. The maximum Gasteiger partial charge on any atom is 0.141 e. The predicted octanol–water partition coefficient (Wildman–Crippen LogP) is 3.13. The average molecular weight is 260 g/mol. The second-order valence-corrected chi connectivity index (χ2v) is 6.67. The molecule has 1 unspecified atom stereocenters. The summed E-state index contributed by atoms with van der Waals surface area (Å²) >= 11 is 8.04. The summed E-state index contributed by atoms with van der Waals surface area (Å²) in [5.74, 6) is 2.89. The fraction of sp³-hybridized carbons (Fsp3) is 0.727. The maximum absolute atomic E-state index is 6.07. The first-order valence-electron chi connectivity index (χ1n) is 5.48. The summed E-state index contributed by atoms with van der Waals surface area (Å²) in [6, 6.07) is 0.375. The highest BCUT2D eigenvalue weighted by Crippen LogP contribution is 2.40. The van der Waals surface area contributed by atoms with Gasteiger partial charge in [0.1, 0.15) is 10.8 Å².